The molecule has 1 aromatic rings. The molecule has 2 saturated heterocycles. The van der Waals surface area contributed by atoms with E-state index in [0.717, 1.165) is 17.7 Å². The molecule has 3 rings (SSSR count). The third-order valence-corrected chi connectivity index (χ3v) is 5.13. The molecular weight excluding hydrogens is 318 g/mol. The van der Waals surface area contributed by atoms with Gasteiger partial charge in [-0.3, -0.25) is 14.4 Å². The zero-order valence-corrected chi connectivity index (χ0v) is 14.8. The van der Waals surface area contributed by atoms with Gasteiger partial charge in [-0.05, 0) is 24.5 Å². The van der Waals surface area contributed by atoms with Crippen LogP contribution in [0, 0.1) is 5.92 Å². The number of para-hydroxylation sites is 1. The number of piperidine rings is 1. The quantitative estimate of drug-likeness (QED) is 0.897. The number of nitrogens with one attached hydrogen (secondary N) is 1. The molecule has 2 unspecified atom stereocenters. The van der Waals surface area contributed by atoms with E-state index in [1.165, 1.54) is 0 Å². The van der Waals surface area contributed by atoms with E-state index in [1.54, 1.807) is 16.8 Å². The Morgan fingerprint density at radius 1 is 1.20 bits per heavy atom. The minimum atomic E-state index is -0.333. The predicted octanol–water partition coefficient (Wildman–Crippen LogP) is 1.34. The van der Waals surface area contributed by atoms with Crippen molar-refractivity contribution in [3.05, 3.63) is 29.8 Å². The van der Waals surface area contributed by atoms with Gasteiger partial charge in [0.25, 0.3) is 0 Å². The SMILES string of the molecule is CCc1ccccc1N1CC(C(=O)NC2CCC(=O)N(C)C2)CC1=O. The van der Waals surface area contributed by atoms with Crippen molar-refractivity contribution in [1.82, 2.24) is 10.2 Å². The first-order valence-corrected chi connectivity index (χ1v) is 8.92. The van der Waals surface area contributed by atoms with Crippen LogP contribution in [0.2, 0.25) is 0 Å². The Balaban J connectivity index is 1.64. The van der Waals surface area contributed by atoms with Crippen molar-refractivity contribution < 1.29 is 14.4 Å². The van der Waals surface area contributed by atoms with Gasteiger partial charge < -0.3 is 15.1 Å². The number of hydrogen-bond donors (Lipinski definition) is 1. The van der Waals surface area contributed by atoms with Crippen LogP contribution in [0.3, 0.4) is 0 Å². The van der Waals surface area contributed by atoms with Crippen molar-refractivity contribution in [2.24, 2.45) is 5.92 Å². The molecule has 25 heavy (non-hydrogen) atoms. The average Bonchev–Trinajstić information content (AvgIpc) is 3.00. The second-order valence-electron chi connectivity index (χ2n) is 6.91. The summed E-state index contributed by atoms with van der Waals surface area (Å²) >= 11 is 0. The second-order valence-corrected chi connectivity index (χ2v) is 6.91. The van der Waals surface area contributed by atoms with Crippen LogP contribution in [0.5, 0.6) is 0 Å². The van der Waals surface area contributed by atoms with E-state index >= 15 is 0 Å². The number of benzene rings is 1. The van der Waals surface area contributed by atoms with Gasteiger partial charge in [0.05, 0.1) is 5.92 Å². The highest BCUT2D eigenvalue weighted by Crippen LogP contribution is 2.28. The summed E-state index contributed by atoms with van der Waals surface area (Å²) in [6.45, 7) is 3.02. The van der Waals surface area contributed by atoms with Crippen molar-refractivity contribution >= 4 is 23.4 Å². The lowest BCUT2D eigenvalue weighted by atomic mass is 10.0. The van der Waals surface area contributed by atoms with E-state index in [1.807, 2.05) is 24.3 Å². The fraction of sp³-hybridized carbons (Fsp3) is 0.526. The first-order chi connectivity index (χ1) is 12.0. The van der Waals surface area contributed by atoms with E-state index in [2.05, 4.69) is 12.2 Å². The molecule has 2 heterocycles. The van der Waals surface area contributed by atoms with Crippen LogP contribution in [-0.4, -0.2) is 48.8 Å². The molecule has 2 aliphatic heterocycles. The third kappa shape index (κ3) is 3.67. The average molecular weight is 343 g/mol. The van der Waals surface area contributed by atoms with Crippen molar-refractivity contribution in [2.75, 3.05) is 25.0 Å². The summed E-state index contributed by atoms with van der Waals surface area (Å²) in [5.74, 6) is -0.307. The summed E-state index contributed by atoms with van der Waals surface area (Å²) in [6.07, 6.45) is 2.21. The molecule has 0 bridgehead atoms. The van der Waals surface area contributed by atoms with E-state index < -0.39 is 0 Å². The molecule has 1 aromatic carbocycles. The first kappa shape index (κ1) is 17.5. The highest BCUT2D eigenvalue weighted by molar-refractivity contribution is 6.00. The molecule has 1 N–H and O–H groups in total. The molecule has 2 aliphatic rings. The van der Waals surface area contributed by atoms with E-state index in [0.29, 0.717) is 25.9 Å². The minimum Gasteiger partial charge on any atom is -0.351 e. The number of hydrogen-bond acceptors (Lipinski definition) is 3. The largest absolute Gasteiger partial charge is 0.351 e. The van der Waals surface area contributed by atoms with Crippen molar-refractivity contribution in [3.8, 4) is 0 Å². The van der Waals surface area contributed by atoms with Gasteiger partial charge in [0, 0.05) is 44.7 Å². The lowest BCUT2D eigenvalue weighted by molar-refractivity contribution is -0.134. The van der Waals surface area contributed by atoms with Gasteiger partial charge in [-0.25, -0.2) is 0 Å². The molecule has 2 fully saturated rings. The molecule has 0 aromatic heterocycles. The summed E-state index contributed by atoms with van der Waals surface area (Å²) in [7, 11) is 1.75. The maximum atomic E-state index is 12.6. The molecule has 0 spiro atoms. The highest BCUT2D eigenvalue weighted by atomic mass is 16.2. The monoisotopic (exact) mass is 343 g/mol. The van der Waals surface area contributed by atoms with Crippen molar-refractivity contribution in [1.29, 1.82) is 0 Å². The summed E-state index contributed by atoms with van der Waals surface area (Å²) in [5, 5.41) is 3.02. The van der Waals surface area contributed by atoms with Gasteiger partial charge in [-0.1, -0.05) is 25.1 Å². The molecule has 134 valence electrons. The van der Waals surface area contributed by atoms with E-state index in [9.17, 15) is 14.4 Å². The van der Waals surface area contributed by atoms with E-state index in [-0.39, 0.29) is 36.1 Å². The summed E-state index contributed by atoms with van der Waals surface area (Å²) in [6, 6.07) is 7.82. The maximum absolute atomic E-state index is 12.6. The number of amides is 3. The number of anilines is 1. The van der Waals surface area contributed by atoms with Gasteiger partial charge in [-0.15, -0.1) is 0 Å². The van der Waals surface area contributed by atoms with Crippen LogP contribution in [0.25, 0.3) is 0 Å². The Hall–Kier alpha value is -2.37. The van der Waals surface area contributed by atoms with Crippen LogP contribution in [-0.2, 0) is 20.8 Å². The fourth-order valence-corrected chi connectivity index (χ4v) is 3.64. The lowest BCUT2D eigenvalue weighted by Gasteiger charge is -2.30. The van der Waals surface area contributed by atoms with Crippen LogP contribution in [0.4, 0.5) is 5.69 Å². The predicted molar refractivity (Wildman–Crippen MR) is 95.1 cm³/mol. The molecular formula is C19H25N3O3. The standard InChI is InChI=1S/C19H25N3O3/c1-3-13-6-4-5-7-16(13)22-11-14(10-18(22)24)19(25)20-15-8-9-17(23)21(2)12-15/h4-7,14-15H,3,8-12H2,1-2H3,(H,20,25). The van der Waals surface area contributed by atoms with Gasteiger partial charge in [-0.2, -0.15) is 0 Å². The zero-order chi connectivity index (χ0) is 18.0. The number of nitrogens with zero attached hydrogens (tertiary/aromatic N) is 2. The van der Waals surface area contributed by atoms with Gasteiger partial charge >= 0.3 is 0 Å². The Bertz CT molecular complexity index is 688. The van der Waals surface area contributed by atoms with Crippen LogP contribution in [0.1, 0.15) is 31.7 Å². The van der Waals surface area contributed by atoms with Gasteiger partial charge in [0.1, 0.15) is 0 Å². The Morgan fingerprint density at radius 3 is 2.68 bits per heavy atom. The first-order valence-electron chi connectivity index (χ1n) is 8.92. The Labute approximate surface area is 148 Å². The molecule has 6 nitrogen and oxygen atoms in total. The smallest absolute Gasteiger partial charge is 0.227 e. The molecule has 2 atom stereocenters. The van der Waals surface area contributed by atoms with E-state index in [4.69, 9.17) is 0 Å². The number of aryl methyl sites for hydroxylation is 1. The lowest BCUT2D eigenvalue weighted by Crippen LogP contribution is -2.50. The number of carbonyl (C=O) groups excluding carboxylic acids is 3. The minimum absolute atomic E-state index is 0.00279. The molecule has 0 radical (unpaired) electrons. The van der Waals surface area contributed by atoms with Gasteiger partial charge in [0.15, 0.2) is 0 Å². The number of likely N-dealkylation sites (N-methyl/N-ethyl adjacent to an activating group) is 1. The third-order valence-electron chi connectivity index (χ3n) is 5.13. The number of likely N-dealkylation sites (tertiary alicyclic amines) is 1. The van der Waals surface area contributed by atoms with Gasteiger partial charge in [0.2, 0.25) is 17.7 Å². The summed E-state index contributed by atoms with van der Waals surface area (Å²) in [4.78, 5) is 40.0. The molecule has 0 aliphatic carbocycles. The molecule has 3 amide bonds. The van der Waals surface area contributed by atoms with Crippen LogP contribution < -0.4 is 10.2 Å². The topological polar surface area (TPSA) is 69.7 Å². The Kier molecular flexibility index (Phi) is 5.06. The molecule has 6 heteroatoms. The van der Waals surface area contributed by atoms with Crippen LogP contribution in [0.15, 0.2) is 24.3 Å². The maximum Gasteiger partial charge on any atom is 0.227 e. The normalized spacial score (nSPS) is 23.9. The zero-order valence-electron chi connectivity index (χ0n) is 14.8. The Morgan fingerprint density at radius 2 is 1.96 bits per heavy atom. The summed E-state index contributed by atoms with van der Waals surface area (Å²) < 4.78 is 0. The fourth-order valence-electron chi connectivity index (χ4n) is 3.64. The summed E-state index contributed by atoms with van der Waals surface area (Å²) in [5.41, 5.74) is 2.03. The molecule has 0 saturated carbocycles. The second kappa shape index (κ2) is 7.25. The van der Waals surface area contributed by atoms with Crippen molar-refractivity contribution in [2.45, 2.75) is 38.6 Å². The highest BCUT2D eigenvalue weighted by Gasteiger charge is 2.37. The number of carbonyl (C=O) groups is 3. The van der Waals surface area contributed by atoms with Crippen molar-refractivity contribution in [3.63, 3.8) is 0 Å². The number of rotatable bonds is 4. The van der Waals surface area contributed by atoms with Crippen LogP contribution >= 0.6 is 0 Å².